The molecule has 0 spiro atoms. The highest BCUT2D eigenvalue weighted by molar-refractivity contribution is 5.71. The number of unbranched alkanes of at least 4 members (excludes halogenated alkanes) is 46. The number of esters is 3. The highest BCUT2D eigenvalue weighted by Gasteiger charge is 2.19. The van der Waals surface area contributed by atoms with Crippen molar-refractivity contribution in [3.8, 4) is 0 Å². The van der Waals surface area contributed by atoms with E-state index in [0.717, 1.165) is 69.6 Å². The lowest BCUT2D eigenvalue weighted by Crippen LogP contribution is -2.30. The van der Waals surface area contributed by atoms with Crippen LogP contribution in [-0.2, 0) is 28.6 Å². The molecule has 0 aromatic heterocycles. The molecule has 0 unspecified atom stereocenters. The summed E-state index contributed by atoms with van der Waals surface area (Å²) in [6.45, 7) is 11.5. The predicted octanol–water partition coefficient (Wildman–Crippen LogP) is 22.4. The fourth-order valence-corrected chi connectivity index (χ4v) is 10.5. The van der Waals surface area contributed by atoms with Crippen LogP contribution < -0.4 is 0 Å². The van der Waals surface area contributed by atoms with Crippen molar-refractivity contribution in [1.82, 2.24) is 0 Å². The van der Waals surface area contributed by atoms with Gasteiger partial charge in [0.2, 0.25) is 0 Å². The summed E-state index contributed by atoms with van der Waals surface area (Å²) in [5, 5.41) is 0. The predicted molar refractivity (Wildman–Crippen MR) is 316 cm³/mol. The number of hydrogen-bond donors (Lipinski definition) is 0. The van der Waals surface area contributed by atoms with Gasteiger partial charge in [0.25, 0.3) is 0 Å². The van der Waals surface area contributed by atoms with Crippen molar-refractivity contribution >= 4 is 17.9 Å². The molecule has 0 saturated carbocycles. The molecule has 6 nitrogen and oxygen atoms in total. The van der Waals surface area contributed by atoms with Crippen LogP contribution in [0.1, 0.15) is 381 Å². The summed E-state index contributed by atoms with van der Waals surface area (Å²) < 4.78 is 17.0. The van der Waals surface area contributed by atoms with Crippen molar-refractivity contribution in [3.63, 3.8) is 0 Å². The molecular formula is C67H130O6. The lowest BCUT2D eigenvalue weighted by atomic mass is 10.0. The van der Waals surface area contributed by atoms with Crippen LogP contribution in [0.3, 0.4) is 0 Å². The van der Waals surface area contributed by atoms with Gasteiger partial charge in [0.05, 0.1) is 0 Å². The van der Waals surface area contributed by atoms with Gasteiger partial charge in [-0.1, -0.05) is 343 Å². The first kappa shape index (κ1) is 71.4. The van der Waals surface area contributed by atoms with E-state index in [-0.39, 0.29) is 31.1 Å². The molecule has 0 aliphatic carbocycles. The Morgan fingerprint density at radius 2 is 0.452 bits per heavy atom. The molecule has 0 N–H and O–H groups in total. The summed E-state index contributed by atoms with van der Waals surface area (Å²) in [7, 11) is 0. The second kappa shape index (κ2) is 59.7. The third-order valence-electron chi connectivity index (χ3n) is 15.5. The van der Waals surface area contributed by atoms with Crippen molar-refractivity contribution in [3.05, 3.63) is 0 Å². The minimum Gasteiger partial charge on any atom is -0.462 e. The van der Waals surface area contributed by atoms with Crippen LogP contribution in [0.5, 0.6) is 0 Å². The van der Waals surface area contributed by atoms with Gasteiger partial charge in [0, 0.05) is 19.3 Å². The van der Waals surface area contributed by atoms with Crippen molar-refractivity contribution in [2.75, 3.05) is 13.2 Å². The fraction of sp³-hybridized carbons (Fsp3) is 0.955. The smallest absolute Gasteiger partial charge is 0.306 e. The van der Waals surface area contributed by atoms with Crippen molar-refractivity contribution < 1.29 is 28.6 Å². The monoisotopic (exact) mass is 1030 g/mol. The van der Waals surface area contributed by atoms with Crippen LogP contribution in [0.2, 0.25) is 0 Å². The lowest BCUT2D eigenvalue weighted by Gasteiger charge is -2.18. The zero-order valence-corrected chi connectivity index (χ0v) is 50.3. The second-order valence-corrected chi connectivity index (χ2v) is 24.1. The van der Waals surface area contributed by atoms with Gasteiger partial charge in [-0.15, -0.1) is 0 Å². The Bertz CT molecular complexity index is 1120. The minimum absolute atomic E-state index is 0.0615. The lowest BCUT2D eigenvalue weighted by molar-refractivity contribution is -0.167. The largest absolute Gasteiger partial charge is 0.462 e. The van der Waals surface area contributed by atoms with Crippen molar-refractivity contribution in [2.24, 2.45) is 11.8 Å². The zero-order chi connectivity index (χ0) is 53.2. The van der Waals surface area contributed by atoms with E-state index in [2.05, 4.69) is 34.6 Å². The van der Waals surface area contributed by atoms with Crippen LogP contribution in [0.4, 0.5) is 0 Å². The normalized spacial score (nSPS) is 12.0. The Hall–Kier alpha value is -1.59. The molecule has 0 fully saturated rings. The SMILES string of the molecule is CCCCCCCCCCCCCCCCCCC(=O)OC[C@@H](COC(=O)CCCCCCCCCCCCCCCCCC(C)C)OC(=O)CCCCCCCCCCCCCCCCCCCCC(C)C. The maximum atomic E-state index is 12.9. The number of hydrogen-bond acceptors (Lipinski definition) is 6. The van der Waals surface area contributed by atoms with Crippen LogP contribution >= 0.6 is 0 Å². The standard InChI is InChI=1S/C67H130O6/c1-6-7-8-9-10-11-12-13-14-22-27-32-37-42-47-52-57-65(68)71-60-64(61-72-66(69)58-53-48-43-38-33-28-24-19-21-26-31-36-41-46-51-56-63(4)5)73-67(70)59-54-49-44-39-34-29-23-18-16-15-17-20-25-30-35-40-45-50-55-62(2)3/h62-64H,6-61H2,1-5H3/t64-/m0/s1. The Morgan fingerprint density at radius 1 is 0.260 bits per heavy atom. The Kier molecular flexibility index (Phi) is 58.4. The summed E-state index contributed by atoms with van der Waals surface area (Å²) in [4.78, 5) is 38.4. The molecule has 0 aromatic carbocycles. The maximum Gasteiger partial charge on any atom is 0.306 e. The molecule has 73 heavy (non-hydrogen) atoms. The van der Waals surface area contributed by atoms with Gasteiger partial charge in [-0.2, -0.15) is 0 Å². The van der Waals surface area contributed by atoms with Gasteiger partial charge < -0.3 is 14.2 Å². The summed E-state index contributed by atoms with van der Waals surface area (Å²) in [6.07, 6.45) is 66.8. The quantitative estimate of drug-likeness (QED) is 0.0343. The zero-order valence-electron chi connectivity index (χ0n) is 50.3. The molecule has 434 valence electrons. The third-order valence-corrected chi connectivity index (χ3v) is 15.5. The molecular weight excluding hydrogens is 901 g/mol. The van der Waals surface area contributed by atoms with Crippen LogP contribution in [0.15, 0.2) is 0 Å². The first-order valence-electron chi connectivity index (χ1n) is 33.2. The molecule has 6 heteroatoms. The molecule has 0 heterocycles. The van der Waals surface area contributed by atoms with E-state index in [4.69, 9.17) is 14.2 Å². The summed E-state index contributed by atoms with van der Waals surface area (Å²) in [5.74, 6) is 0.880. The van der Waals surface area contributed by atoms with Gasteiger partial charge >= 0.3 is 17.9 Å². The second-order valence-electron chi connectivity index (χ2n) is 24.1. The number of carbonyl (C=O) groups excluding carboxylic acids is 3. The molecule has 0 aromatic rings. The first-order chi connectivity index (χ1) is 35.7. The highest BCUT2D eigenvalue weighted by atomic mass is 16.6. The molecule has 0 rings (SSSR count). The van der Waals surface area contributed by atoms with Gasteiger partial charge in [-0.3, -0.25) is 14.4 Å². The van der Waals surface area contributed by atoms with Crippen LogP contribution in [-0.4, -0.2) is 37.2 Å². The van der Waals surface area contributed by atoms with Gasteiger partial charge in [0.15, 0.2) is 6.10 Å². The van der Waals surface area contributed by atoms with Crippen molar-refractivity contribution in [2.45, 2.75) is 387 Å². The summed E-state index contributed by atoms with van der Waals surface area (Å²) in [6, 6.07) is 0. The average Bonchev–Trinajstić information content (AvgIpc) is 3.37. The number of rotatable bonds is 61. The summed E-state index contributed by atoms with van der Waals surface area (Å²) in [5.41, 5.74) is 0. The van der Waals surface area contributed by atoms with E-state index in [1.807, 2.05) is 0 Å². The van der Waals surface area contributed by atoms with E-state index in [9.17, 15) is 14.4 Å². The van der Waals surface area contributed by atoms with E-state index in [1.165, 1.54) is 270 Å². The third kappa shape index (κ3) is 61.1. The Morgan fingerprint density at radius 3 is 0.671 bits per heavy atom. The average molecular weight is 1030 g/mol. The molecule has 0 aliphatic rings. The summed E-state index contributed by atoms with van der Waals surface area (Å²) >= 11 is 0. The molecule has 0 aliphatic heterocycles. The van der Waals surface area contributed by atoms with E-state index in [0.29, 0.717) is 19.3 Å². The number of carbonyl (C=O) groups is 3. The Balaban J connectivity index is 4.28. The van der Waals surface area contributed by atoms with Gasteiger partial charge in [-0.05, 0) is 31.1 Å². The molecule has 1 atom stereocenters. The number of ether oxygens (including phenoxy) is 3. The van der Waals surface area contributed by atoms with E-state index >= 15 is 0 Å². The molecule has 0 radical (unpaired) electrons. The topological polar surface area (TPSA) is 78.9 Å². The van der Waals surface area contributed by atoms with Crippen LogP contribution in [0.25, 0.3) is 0 Å². The van der Waals surface area contributed by atoms with E-state index in [1.54, 1.807) is 0 Å². The Labute approximate surface area is 457 Å². The minimum atomic E-state index is -0.764. The molecule has 0 saturated heterocycles. The first-order valence-corrected chi connectivity index (χ1v) is 33.2. The maximum absolute atomic E-state index is 12.9. The highest BCUT2D eigenvalue weighted by Crippen LogP contribution is 2.19. The fourth-order valence-electron chi connectivity index (χ4n) is 10.5. The van der Waals surface area contributed by atoms with Gasteiger partial charge in [0.1, 0.15) is 13.2 Å². The van der Waals surface area contributed by atoms with Crippen LogP contribution in [0, 0.1) is 11.8 Å². The molecule has 0 bridgehead atoms. The van der Waals surface area contributed by atoms with E-state index < -0.39 is 6.10 Å². The van der Waals surface area contributed by atoms with Crippen molar-refractivity contribution in [1.29, 1.82) is 0 Å². The van der Waals surface area contributed by atoms with Gasteiger partial charge in [-0.25, -0.2) is 0 Å². The molecule has 0 amide bonds.